The summed E-state index contributed by atoms with van der Waals surface area (Å²) in [6.45, 7) is 3.98. The van der Waals surface area contributed by atoms with Crippen LogP contribution in [0.2, 0.25) is 0 Å². The van der Waals surface area contributed by atoms with E-state index in [1.807, 2.05) is 25.1 Å². The van der Waals surface area contributed by atoms with Gasteiger partial charge in [0.1, 0.15) is 5.76 Å². The second kappa shape index (κ2) is 8.69. The third kappa shape index (κ3) is 4.97. The number of rotatable bonds is 8. The molecule has 0 fully saturated rings. The van der Waals surface area contributed by atoms with Crippen molar-refractivity contribution in [1.82, 2.24) is 14.5 Å². The molecule has 0 aliphatic rings. The van der Waals surface area contributed by atoms with Crippen molar-refractivity contribution in [1.29, 1.82) is 0 Å². The van der Waals surface area contributed by atoms with Gasteiger partial charge >= 0.3 is 0 Å². The van der Waals surface area contributed by atoms with E-state index in [4.69, 9.17) is 4.42 Å². The number of carbonyl (C=O) groups is 1. The molecular formula is C19H27N3O4S. The van der Waals surface area contributed by atoms with E-state index >= 15 is 0 Å². The van der Waals surface area contributed by atoms with E-state index < -0.39 is 10.0 Å². The zero-order chi connectivity index (χ0) is 20.2. The number of likely N-dealkylation sites (N-methyl/N-ethyl adjacent to an activating group) is 1. The number of hydrogen-bond donors (Lipinski definition) is 1. The molecule has 1 atom stereocenters. The standard InChI is InChI=1S/C19H27N3O4S/c1-14(2)22(5)27(24,25)16-10-8-15(9-11-16)19(23)20-13-17(21(3)4)18-7-6-12-26-18/h6-12,14,17H,13H2,1-5H3,(H,20,23). The molecule has 8 heteroatoms. The first-order valence-corrected chi connectivity index (χ1v) is 10.1. The average molecular weight is 394 g/mol. The van der Waals surface area contributed by atoms with Crippen LogP contribution < -0.4 is 5.32 Å². The molecule has 1 aromatic carbocycles. The number of nitrogens with zero attached hydrogens (tertiary/aromatic N) is 2. The topological polar surface area (TPSA) is 82.9 Å². The van der Waals surface area contributed by atoms with Gasteiger partial charge in [0.05, 0.1) is 17.2 Å². The van der Waals surface area contributed by atoms with Gasteiger partial charge in [0.2, 0.25) is 10.0 Å². The van der Waals surface area contributed by atoms with E-state index in [1.54, 1.807) is 26.2 Å². The van der Waals surface area contributed by atoms with E-state index in [-0.39, 0.29) is 22.9 Å². The molecule has 27 heavy (non-hydrogen) atoms. The Labute approximate surface area is 161 Å². The second-order valence-electron chi connectivity index (χ2n) is 6.84. The van der Waals surface area contributed by atoms with Gasteiger partial charge < -0.3 is 9.73 Å². The summed E-state index contributed by atoms with van der Waals surface area (Å²) in [6.07, 6.45) is 1.60. The fourth-order valence-corrected chi connectivity index (χ4v) is 3.90. The molecular weight excluding hydrogens is 366 g/mol. The normalized spacial score (nSPS) is 13.3. The van der Waals surface area contributed by atoms with Crippen LogP contribution in [-0.4, -0.2) is 57.3 Å². The van der Waals surface area contributed by atoms with Crippen LogP contribution >= 0.6 is 0 Å². The smallest absolute Gasteiger partial charge is 0.251 e. The molecule has 0 saturated heterocycles. The van der Waals surface area contributed by atoms with E-state index in [1.165, 1.54) is 35.6 Å². The van der Waals surface area contributed by atoms with Crippen LogP contribution in [0.25, 0.3) is 0 Å². The summed E-state index contributed by atoms with van der Waals surface area (Å²) >= 11 is 0. The van der Waals surface area contributed by atoms with Gasteiger partial charge in [0.15, 0.2) is 0 Å². The Morgan fingerprint density at radius 3 is 2.22 bits per heavy atom. The van der Waals surface area contributed by atoms with E-state index in [2.05, 4.69) is 5.32 Å². The molecule has 1 unspecified atom stereocenters. The Morgan fingerprint density at radius 2 is 1.74 bits per heavy atom. The number of hydrogen-bond acceptors (Lipinski definition) is 5. The zero-order valence-corrected chi connectivity index (χ0v) is 17.2. The molecule has 0 aliphatic heterocycles. The number of furan rings is 1. The van der Waals surface area contributed by atoms with Gasteiger partial charge in [-0.05, 0) is 64.3 Å². The van der Waals surface area contributed by atoms with E-state index in [0.29, 0.717) is 12.1 Å². The molecule has 0 spiro atoms. The minimum Gasteiger partial charge on any atom is -0.468 e. The van der Waals surface area contributed by atoms with Gasteiger partial charge in [0, 0.05) is 25.2 Å². The van der Waals surface area contributed by atoms with Crippen LogP contribution in [0.4, 0.5) is 0 Å². The third-order valence-corrected chi connectivity index (χ3v) is 6.52. The Kier molecular flexibility index (Phi) is 6.80. The van der Waals surface area contributed by atoms with Crippen LogP contribution in [0.5, 0.6) is 0 Å². The van der Waals surface area contributed by atoms with E-state index in [0.717, 1.165) is 5.76 Å². The van der Waals surface area contributed by atoms with Gasteiger partial charge in [-0.15, -0.1) is 0 Å². The number of amides is 1. The van der Waals surface area contributed by atoms with Crippen LogP contribution in [0, 0.1) is 0 Å². The molecule has 0 radical (unpaired) electrons. The van der Waals surface area contributed by atoms with Crippen molar-refractivity contribution in [3.63, 3.8) is 0 Å². The molecule has 1 aromatic heterocycles. The maximum absolute atomic E-state index is 12.5. The van der Waals surface area contributed by atoms with Gasteiger partial charge in [0.25, 0.3) is 5.91 Å². The van der Waals surface area contributed by atoms with E-state index in [9.17, 15) is 13.2 Å². The van der Waals surface area contributed by atoms with Crippen molar-refractivity contribution in [3.8, 4) is 0 Å². The quantitative estimate of drug-likeness (QED) is 0.744. The molecule has 1 N–H and O–H groups in total. The van der Waals surface area contributed by atoms with Crippen molar-refractivity contribution in [2.24, 2.45) is 0 Å². The Hall–Kier alpha value is -2.16. The SMILES string of the molecule is CC(C)N(C)S(=O)(=O)c1ccc(C(=O)NCC(c2ccco2)N(C)C)cc1. The largest absolute Gasteiger partial charge is 0.468 e. The first-order valence-electron chi connectivity index (χ1n) is 8.70. The third-order valence-electron chi connectivity index (χ3n) is 4.47. The predicted molar refractivity (Wildman–Crippen MR) is 104 cm³/mol. The average Bonchev–Trinajstić information content (AvgIpc) is 3.15. The highest BCUT2D eigenvalue weighted by molar-refractivity contribution is 7.89. The summed E-state index contributed by atoms with van der Waals surface area (Å²) in [6, 6.07) is 9.38. The van der Waals surface area contributed by atoms with Gasteiger partial charge in [-0.1, -0.05) is 0 Å². The number of carbonyl (C=O) groups excluding carboxylic acids is 1. The molecule has 7 nitrogen and oxygen atoms in total. The molecule has 0 aliphatic carbocycles. The highest BCUT2D eigenvalue weighted by Gasteiger charge is 2.23. The summed E-state index contributed by atoms with van der Waals surface area (Å²) in [7, 11) is 1.79. The lowest BCUT2D eigenvalue weighted by Gasteiger charge is -2.22. The number of benzene rings is 1. The Balaban J connectivity index is 2.07. The predicted octanol–water partition coefficient (Wildman–Crippen LogP) is 2.34. The summed E-state index contributed by atoms with van der Waals surface area (Å²) in [4.78, 5) is 14.5. The lowest BCUT2D eigenvalue weighted by Crippen LogP contribution is -2.34. The van der Waals surface area contributed by atoms with Gasteiger partial charge in [-0.25, -0.2) is 8.42 Å². The Morgan fingerprint density at radius 1 is 1.11 bits per heavy atom. The minimum atomic E-state index is -3.56. The fourth-order valence-electron chi connectivity index (χ4n) is 2.53. The lowest BCUT2D eigenvalue weighted by molar-refractivity contribution is 0.0939. The molecule has 2 aromatic rings. The molecule has 0 bridgehead atoms. The van der Waals surface area contributed by atoms with Crippen molar-refractivity contribution in [2.45, 2.75) is 30.8 Å². The molecule has 2 rings (SSSR count). The monoisotopic (exact) mass is 393 g/mol. The highest BCUT2D eigenvalue weighted by atomic mass is 32.2. The van der Waals surface area contributed by atoms with Crippen LogP contribution in [0.1, 0.15) is 36.0 Å². The lowest BCUT2D eigenvalue weighted by atomic mass is 10.2. The van der Waals surface area contributed by atoms with Gasteiger partial charge in [-0.3, -0.25) is 9.69 Å². The molecule has 0 saturated carbocycles. The summed E-state index contributed by atoms with van der Waals surface area (Å²) in [5.41, 5.74) is 0.401. The van der Waals surface area contributed by atoms with Crippen molar-refractivity contribution in [2.75, 3.05) is 27.7 Å². The second-order valence-corrected chi connectivity index (χ2v) is 8.84. The minimum absolute atomic E-state index is 0.0942. The fraction of sp³-hybridized carbons (Fsp3) is 0.421. The molecule has 1 heterocycles. The van der Waals surface area contributed by atoms with Gasteiger partial charge in [-0.2, -0.15) is 4.31 Å². The molecule has 1 amide bonds. The van der Waals surface area contributed by atoms with Crippen molar-refractivity contribution in [3.05, 3.63) is 54.0 Å². The first-order chi connectivity index (χ1) is 12.6. The van der Waals surface area contributed by atoms with Crippen LogP contribution in [0.15, 0.2) is 52.0 Å². The van der Waals surface area contributed by atoms with Crippen molar-refractivity contribution >= 4 is 15.9 Å². The summed E-state index contributed by atoms with van der Waals surface area (Å²) in [5, 5.41) is 2.87. The Bertz CT molecular complexity index is 844. The van der Waals surface area contributed by atoms with Crippen LogP contribution in [0.3, 0.4) is 0 Å². The summed E-state index contributed by atoms with van der Waals surface area (Å²) < 4.78 is 31.7. The maximum Gasteiger partial charge on any atom is 0.251 e. The summed E-state index contributed by atoms with van der Waals surface area (Å²) in [5.74, 6) is 0.494. The number of sulfonamides is 1. The molecule has 148 valence electrons. The van der Waals surface area contributed by atoms with Crippen molar-refractivity contribution < 1.29 is 17.6 Å². The number of nitrogens with one attached hydrogen (secondary N) is 1. The maximum atomic E-state index is 12.5. The zero-order valence-electron chi connectivity index (χ0n) is 16.3. The first kappa shape index (κ1) is 21.1. The van der Waals surface area contributed by atoms with Crippen LogP contribution in [-0.2, 0) is 10.0 Å². The highest BCUT2D eigenvalue weighted by Crippen LogP contribution is 2.19.